The van der Waals surface area contributed by atoms with Crippen LogP contribution in [0.2, 0.25) is 0 Å². The quantitative estimate of drug-likeness (QED) is 0.400. The van der Waals surface area contributed by atoms with Gasteiger partial charge in [-0.2, -0.15) is 0 Å². The van der Waals surface area contributed by atoms with E-state index in [0.717, 1.165) is 11.9 Å². The highest BCUT2D eigenvalue weighted by Gasteiger charge is 2.23. The fraction of sp³-hybridized carbons (Fsp3) is 0.333. The Kier molecular flexibility index (Phi) is 4.31. The highest BCUT2D eigenvalue weighted by molar-refractivity contribution is 7.18. The summed E-state index contributed by atoms with van der Waals surface area (Å²) in [5.41, 5.74) is 4.00. The molecule has 0 atom stereocenters. The smallest absolute Gasteiger partial charge is 0.0992 e. The highest BCUT2D eigenvalue weighted by atomic mass is 32.1. The molecular weight excluding hydrogens is 348 g/mol. The summed E-state index contributed by atoms with van der Waals surface area (Å²) < 4.78 is 1.29. The van der Waals surface area contributed by atoms with Crippen LogP contribution in [0.5, 0.6) is 0 Å². The predicted molar refractivity (Wildman–Crippen MR) is 117 cm³/mol. The lowest BCUT2D eigenvalue weighted by atomic mass is 9.78. The van der Waals surface area contributed by atoms with E-state index in [-0.39, 0.29) is 10.8 Å². The molecule has 0 N–H and O–H groups in total. The number of thiazole rings is 1. The lowest BCUT2D eigenvalue weighted by Crippen LogP contribution is -2.20. The van der Waals surface area contributed by atoms with E-state index < -0.39 is 0 Å². The number of hydrogen-bond donors (Lipinski definition) is 0. The van der Waals surface area contributed by atoms with E-state index >= 15 is 0 Å². The SMILES string of the molecule is CC(C)(C)c1nc2ccc(CC(C)(C)c3ccc4cnccc4c3)cc2s1. The van der Waals surface area contributed by atoms with Gasteiger partial charge in [-0.1, -0.05) is 58.9 Å². The van der Waals surface area contributed by atoms with Crippen LogP contribution in [0.3, 0.4) is 0 Å². The molecule has 4 rings (SSSR count). The number of pyridine rings is 1. The van der Waals surface area contributed by atoms with Crippen molar-refractivity contribution in [3.05, 3.63) is 71.0 Å². The van der Waals surface area contributed by atoms with Gasteiger partial charge in [0.2, 0.25) is 0 Å². The molecule has 0 saturated heterocycles. The van der Waals surface area contributed by atoms with E-state index in [1.807, 2.05) is 23.7 Å². The normalized spacial score (nSPS) is 12.8. The average molecular weight is 375 g/mol. The minimum atomic E-state index is 0.0582. The molecule has 0 radical (unpaired) electrons. The zero-order valence-electron chi connectivity index (χ0n) is 16.7. The van der Waals surface area contributed by atoms with Crippen molar-refractivity contribution in [2.75, 3.05) is 0 Å². The van der Waals surface area contributed by atoms with Crippen LogP contribution in [-0.4, -0.2) is 9.97 Å². The first-order valence-electron chi connectivity index (χ1n) is 9.47. The van der Waals surface area contributed by atoms with Gasteiger partial charge in [-0.3, -0.25) is 4.98 Å². The Balaban J connectivity index is 1.66. The van der Waals surface area contributed by atoms with Gasteiger partial charge in [0.25, 0.3) is 0 Å². The summed E-state index contributed by atoms with van der Waals surface area (Å²) in [6.07, 6.45) is 4.79. The molecule has 0 spiro atoms. The molecule has 27 heavy (non-hydrogen) atoms. The van der Waals surface area contributed by atoms with Crippen molar-refractivity contribution in [1.82, 2.24) is 9.97 Å². The summed E-state index contributed by atoms with van der Waals surface area (Å²) in [4.78, 5) is 9.04. The number of aromatic nitrogens is 2. The van der Waals surface area contributed by atoms with Crippen molar-refractivity contribution in [1.29, 1.82) is 0 Å². The third kappa shape index (κ3) is 3.61. The van der Waals surface area contributed by atoms with Crippen molar-refractivity contribution >= 4 is 32.3 Å². The minimum absolute atomic E-state index is 0.0582. The fourth-order valence-electron chi connectivity index (χ4n) is 3.52. The Morgan fingerprint density at radius 1 is 0.889 bits per heavy atom. The molecule has 0 bridgehead atoms. The van der Waals surface area contributed by atoms with Crippen LogP contribution in [-0.2, 0) is 17.3 Å². The molecule has 0 saturated carbocycles. The Morgan fingerprint density at radius 2 is 1.70 bits per heavy atom. The lowest BCUT2D eigenvalue weighted by Gasteiger charge is -2.26. The van der Waals surface area contributed by atoms with Gasteiger partial charge in [0.1, 0.15) is 0 Å². The van der Waals surface area contributed by atoms with E-state index in [4.69, 9.17) is 4.98 Å². The van der Waals surface area contributed by atoms with Gasteiger partial charge in [0, 0.05) is 23.2 Å². The molecule has 2 aromatic heterocycles. The summed E-state index contributed by atoms with van der Waals surface area (Å²) in [5.74, 6) is 0. The summed E-state index contributed by atoms with van der Waals surface area (Å²) in [5, 5.41) is 3.65. The second-order valence-electron chi connectivity index (χ2n) is 9.07. The summed E-state index contributed by atoms with van der Waals surface area (Å²) in [6.45, 7) is 11.3. The monoisotopic (exact) mass is 374 g/mol. The maximum atomic E-state index is 4.83. The number of benzene rings is 2. The van der Waals surface area contributed by atoms with Crippen molar-refractivity contribution in [3.63, 3.8) is 0 Å². The molecular formula is C24H26N2S. The van der Waals surface area contributed by atoms with Crippen molar-refractivity contribution in [2.45, 2.75) is 51.9 Å². The predicted octanol–water partition coefficient (Wildman–Crippen LogP) is 6.66. The molecule has 0 fully saturated rings. The summed E-state index contributed by atoms with van der Waals surface area (Å²) in [7, 11) is 0. The van der Waals surface area contributed by atoms with Crippen LogP contribution < -0.4 is 0 Å². The Morgan fingerprint density at radius 3 is 2.48 bits per heavy atom. The molecule has 0 aliphatic carbocycles. The number of nitrogens with zero attached hydrogens (tertiary/aromatic N) is 2. The van der Waals surface area contributed by atoms with Crippen LogP contribution in [0.15, 0.2) is 54.9 Å². The van der Waals surface area contributed by atoms with Crippen LogP contribution in [0.25, 0.3) is 21.0 Å². The van der Waals surface area contributed by atoms with Gasteiger partial charge >= 0.3 is 0 Å². The Bertz CT molecular complexity index is 1120. The second kappa shape index (κ2) is 6.42. The van der Waals surface area contributed by atoms with Crippen molar-refractivity contribution in [3.8, 4) is 0 Å². The largest absolute Gasteiger partial charge is 0.264 e. The molecule has 0 aliphatic rings. The van der Waals surface area contributed by atoms with Gasteiger partial charge in [-0.15, -0.1) is 11.3 Å². The Hall–Kier alpha value is -2.26. The zero-order valence-corrected chi connectivity index (χ0v) is 17.5. The van der Waals surface area contributed by atoms with Crippen molar-refractivity contribution < 1.29 is 0 Å². The van der Waals surface area contributed by atoms with E-state index in [9.17, 15) is 0 Å². The zero-order chi connectivity index (χ0) is 19.2. The topological polar surface area (TPSA) is 25.8 Å². The van der Waals surface area contributed by atoms with E-state index in [1.54, 1.807) is 0 Å². The molecule has 2 heterocycles. The van der Waals surface area contributed by atoms with Gasteiger partial charge in [-0.25, -0.2) is 4.98 Å². The van der Waals surface area contributed by atoms with E-state index in [2.05, 4.69) is 82.1 Å². The molecule has 4 aromatic rings. The molecule has 0 aliphatic heterocycles. The van der Waals surface area contributed by atoms with E-state index in [1.165, 1.54) is 31.6 Å². The maximum Gasteiger partial charge on any atom is 0.0992 e. The van der Waals surface area contributed by atoms with Gasteiger partial charge in [0.15, 0.2) is 0 Å². The first kappa shape index (κ1) is 18.1. The fourth-order valence-corrected chi connectivity index (χ4v) is 4.60. The molecule has 3 heteroatoms. The molecule has 138 valence electrons. The van der Waals surface area contributed by atoms with Gasteiger partial charge in [-0.05, 0) is 46.5 Å². The third-order valence-corrected chi connectivity index (χ3v) is 6.61. The third-order valence-electron chi connectivity index (χ3n) is 5.16. The molecule has 0 unspecified atom stereocenters. The standard InChI is InChI=1S/C24H26N2S/c1-23(2,3)22-26-20-9-6-16(12-21(20)27-22)14-24(4,5)19-8-7-18-15-25-11-10-17(18)13-19/h6-13,15H,14H2,1-5H3. The van der Waals surface area contributed by atoms with Gasteiger partial charge in [0.05, 0.1) is 15.2 Å². The molecule has 0 amide bonds. The summed E-state index contributed by atoms with van der Waals surface area (Å²) in [6, 6.07) is 15.6. The van der Waals surface area contributed by atoms with Crippen LogP contribution >= 0.6 is 11.3 Å². The average Bonchev–Trinajstić information content (AvgIpc) is 3.05. The van der Waals surface area contributed by atoms with E-state index in [0.29, 0.717) is 0 Å². The van der Waals surface area contributed by atoms with Crippen LogP contribution in [0, 0.1) is 0 Å². The first-order chi connectivity index (χ1) is 12.7. The Labute approximate surface area is 165 Å². The maximum absolute atomic E-state index is 4.83. The lowest BCUT2D eigenvalue weighted by molar-refractivity contribution is 0.523. The van der Waals surface area contributed by atoms with Crippen molar-refractivity contribution in [2.24, 2.45) is 0 Å². The number of hydrogen-bond acceptors (Lipinski definition) is 3. The second-order valence-corrected chi connectivity index (χ2v) is 10.1. The number of rotatable bonds is 3. The highest BCUT2D eigenvalue weighted by Crippen LogP contribution is 2.34. The van der Waals surface area contributed by atoms with Crippen LogP contribution in [0.4, 0.5) is 0 Å². The molecule has 2 nitrogen and oxygen atoms in total. The molecule has 2 aromatic carbocycles. The van der Waals surface area contributed by atoms with Crippen LogP contribution in [0.1, 0.15) is 50.8 Å². The van der Waals surface area contributed by atoms with Gasteiger partial charge < -0.3 is 0 Å². The number of fused-ring (bicyclic) bond motifs is 2. The summed E-state index contributed by atoms with van der Waals surface area (Å²) >= 11 is 1.82. The minimum Gasteiger partial charge on any atom is -0.264 e. The first-order valence-corrected chi connectivity index (χ1v) is 10.3.